The molecule has 46 heavy (non-hydrogen) atoms. The summed E-state index contributed by atoms with van der Waals surface area (Å²) in [6.45, 7) is 9.34. The third-order valence-electron chi connectivity index (χ3n) is 8.72. The van der Waals surface area contributed by atoms with Gasteiger partial charge in [0.1, 0.15) is 5.75 Å². The molecule has 0 heterocycles. The van der Waals surface area contributed by atoms with Gasteiger partial charge in [-0.25, -0.2) is 9.59 Å². The topological polar surface area (TPSA) is 61.8 Å². The van der Waals surface area contributed by atoms with Crippen molar-refractivity contribution in [3.8, 4) is 16.9 Å². The van der Waals surface area contributed by atoms with Crippen LogP contribution >= 0.6 is 0 Å². The summed E-state index contributed by atoms with van der Waals surface area (Å²) in [5.74, 6) is 0.719. The van der Waals surface area contributed by atoms with E-state index in [1.807, 2.05) is 36.4 Å². The first-order valence-electron chi connectivity index (χ1n) is 18.3. The summed E-state index contributed by atoms with van der Waals surface area (Å²) in [7, 11) is 0. The van der Waals surface area contributed by atoms with Crippen LogP contribution in [0.15, 0.2) is 61.2 Å². The van der Waals surface area contributed by atoms with Crippen molar-refractivity contribution in [2.45, 2.75) is 136 Å². The van der Waals surface area contributed by atoms with Crippen molar-refractivity contribution in [2.24, 2.45) is 5.92 Å². The summed E-state index contributed by atoms with van der Waals surface area (Å²) < 4.78 is 16.4. The lowest BCUT2D eigenvalue weighted by Crippen LogP contribution is -2.11. The van der Waals surface area contributed by atoms with Crippen LogP contribution in [0.5, 0.6) is 5.75 Å². The van der Waals surface area contributed by atoms with Crippen molar-refractivity contribution in [1.82, 2.24) is 0 Å². The molecule has 1 atom stereocenters. The van der Waals surface area contributed by atoms with Gasteiger partial charge in [0.15, 0.2) is 0 Å². The highest BCUT2D eigenvalue weighted by Gasteiger charge is 2.09. The summed E-state index contributed by atoms with van der Waals surface area (Å²) in [5.41, 5.74) is 2.77. The third-order valence-corrected chi connectivity index (χ3v) is 8.72. The lowest BCUT2D eigenvalue weighted by Gasteiger charge is -2.10. The highest BCUT2D eigenvalue weighted by molar-refractivity contribution is 5.90. The van der Waals surface area contributed by atoms with E-state index in [9.17, 15) is 9.59 Å². The minimum absolute atomic E-state index is 0.258. The molecule has 5 heteroatoms. The van der Waals surface area contributed by atoms with Crippen LogP contribution in [-0.2, 0) is 14.3 Å². The number of rotatable bonds is 28. The lowest BCUT2D eigenvalue weighted by molar-refractivity contribution is -0.137. The molecule has 0 aromatic heterocycles. The van der Waals surface area contributed by atoms with Gasteiger partial charge >= 0.3 is 11.9 Å². The molecule has 0 spiro atoms. The molecule has 0 fully saturated rings. The fourth-order valence-corrected chi connectivity index (χ4v) is 5.42. The van der Waals surface area contributed by atoms with Gasteiger partial charge in [-0.2, -0.15) is 0 Å². The van der Waals surface area contributed by atoms with E-state index in [0.29, 0.717) is 24.7 Å². The molecule has 5 nitrogen and oxygen atoms in total. The van der Waals surface area contributed by atoms with Gasteiger partial charge in [-0.15, -0.1) is 0 Å². The van der Waals surface area contributed by atoms with Gasteiger partial charge in [-0.3, -0.25) is 0 Å². The van der Waals surface area contributed by atoms with E-state index in [2.05, 4.69) is 32.6 Å². The quantitative estimate of drug-likeness (QED) is 0.0529. The first kappa shape index (κ1) is 39.1. The molecule has 0 amide bonds. The van der Waals surface area contributed by atoms with Gasteiger partial charge in [-0.1, -0.05) is 154 Å². The summed E-state index contributed by atoms with van der Waals surface area (Å²) >= 11 is 0. The van der Waals surface area contributed by atoms with Gasteiger partial charge in [0, 0.05) is 6.08 Å². The second-order valence-electron chi connectivity index (χ2n) is 12.8. The maximum absolute atomic E-state index is 12.2. The second kappa shape index (κ2) is 26.0. The monoisotopic (exact) mass is 634 g/mol. The van der Waals surface area contributed by atoms with Gasteiger partial charge < -0.3 is 14.2 Å². The molecule has 0 N–H and O–H groups in total. The second-order valence-corrected chi connectivity index (χ2v) is 12.8. The number of carbonyl (C=O) groups excluding carboxylic acids is 2. The Bertz CT molecular complexity index is 1060. The minimum Gasteiger partial charge on any atom is -0.494 e. The number of ether oxygens (including phenoxy) is 3. The van der Waals surface area contributed by atoms with Crippen molar-refractivity contribution in [3.05, 3.63) is 66.7 Å². The third kappa shape index (κ3) is 18.8. The van der Waals surface area contributed by atoms with Crippen molar-refractivity contribution in [3.63, 3.8) is 0 Å². The molecule has 0 aliphatic carbocycles. The van der Waals surface area contributed by atoms with Gasteiger partial charge in [-0.05, 0) is 54.2 Å². The minimum atomic E-state index is -0.312. The van der Waals surface area contributed by atoms with Gasteiger partial charge in [0.05, 0.1) is 25.4 Å². The number of hydrogen-bond donors (Lipinski definition) is 0. The molecule has 2 rings (SSSR count). The predicted octanol–water partition coefficient (Wildman–Crippen LogP) is 11.7. The van der Waals surface area contributed by atoms with Crippen molar-refractivity contribution >= 4 is 11.9 Å². The largest absolute Gasteiger partial charge is 0.494 e. The molecule has 256 valence electrons. The van der Waals surface area contributed by atoms with Gasteiger partial charge in [0.2, 0.25) is 0 Å². The molecular weight excluding hydrogens is 572 g/mol. The standard InChI is InChI=1S/C41H62O5/c1-4-35(3)34-46-41(43)38-26-24-36(25-27-38)37-28-30-39(31-29-37)44-32-22-20-18-16-14-12-10-8-6-7-9-11-13-15-17-19-21-23-33-45-40(42)5-2/h5,24-31,35H,2,4,6-23,32-34H2,1,3H3. The zero-order valence-corrected chi connectivity index (χ0v) is 29.1. The van der Waals surface area contributed by atoms with E-state index in [4.69, 9.17) is 14.2 Å². The van der Waals surface area contributed by atoms with Crippen LogP contribution in [0, 0.1) is 5.92 Å². The molecular formula is C41H62O5. The molecule has 0 bridgehead atoms. The molecule has 0 saturated heterocycles. The summed E-state index contributed by atoms with van der Waals surface area (Å²) in [5, 5.41) is 0. The highest BCUT2D eigenvalue weighted by atomic mass is 16.5. The Labute approximate surface area is 280 Å². The zero-order valence-electron chi connectivity index (χ0n) is 29.1. The Morgan fingerprint density at radius 3 is 1.46 bits per heavy atom. The van der Waals surface area contributed by atoms with E-state index in [0.717, 1.165) is 49.2 Å². The SMILES string of the molecule is C=CC(=O)OCCCCCCCCCCCCCCCCCCCCOc1ccc(-c2ccc(C(=O)OCC(C)CC)cc2)cc1. The molecule has 0 aliphatic heterocycles. The molecule has 0 saturated carbocycles. The average Bonchev–Trinajstić information content (AvgIpc) is 3.09. The maximum atomic E-state index is 12.2. The number of benzene rings is 2. The van der Waals surface area contributed by atoms with Crippen molar-refractivity contribution < 1.29 is 23.8 Å². The van der Waals surface area contributed by atoms with Crippen LogP contribution in [0.1, 0.15) is 146 Å². The normalized spacial score (nSPS) is 11.6. The van der Waals surface area contributed by atoms with Crippen molar-refractivity contribution in [1.29, 1.82) is 0 Å². The molecule has 2 aromatic carbocycles. The van der Waals surface area contributed by atoms with E-state index in [-0.39, 0.29) is 11.9 Å². The smallest absolute Gasteiger partial charge is 0.338 e. The number of unbranched alkanes of at least 4 members (excludes halogenated alkanes) is 17. The van der Waals surface area contributed by atoms with E-state index in [1.54, 1.807) is 0 Å². The van der Waals surface area contributed by atoms with Crippen molar-refractivity contribution in [2.75, 3.05) is 19.8 Å². The average molecular weight is 635 g/mol. The first-order chi connectivity index (χ1) is 22.5. The van der Waals surface area contributed by atoms with E-state index >= 15 is 0 Å². The molecule has 1 unspecified atom stereocenters. The van der Waals surface area contributed by atoms with Crippen LogP contribution < -0.4 is 4.74 Å². The Morgan fingerprint density at radius 1 is 0.609 bits per heavy atom. The van der Waals surface area contributed by atoms with E-state index < -0.39 is 0 Å². The Hall–Kier alpha value is -3.08. The predicted molar refractivity (Wildman–Crippen MR) is 191 cm³/mol. The fourth-order valence-electron chi connectivity index (χ4n) is 5.42. The lowest BCUT2D eigenvalue weighted by atomic mass is 10.0. The van der Waals surface area contributed by atoms with Crippen LogP contribution in [0.2, 0.25) is 0 Å². The number of esters is 2. The van der Waals surface area contributed by atoms with Crippen LogP contribution in [0.4, 0.5) is 0 Å². The fraction of sp³-hybridized carbons (Fsp3) is 0.610. The zero-order chi connectivity index (χ0) is 33.1. The summed E-state index contributed by atoms with van der Waals surface area (Å²) in [4.78, 5) is 23.2. The maximum Gasteiger partial charge on any atom is 0.338 e. The number of hydrogen-bond acceptors (Lipinski definition) is 5. The molecule has 0 aliphatic rings. The Kier molecular flexibility index (Phi) is 22.1. The van der Waals surface area contributed by atoms with Crippen LogP contribution in [0.3, 0.4) is 0 Å². The molecule has 0 radical (unpaired) electrons. The van der Waals surface area contributed by atoms with E-state index in [1.165, 1.54) is 102 Å². The molecule has 2 aromatic rings. The van der Waals surface area contributed by atoms with Crippen LogP contribution in [-0.4, -0.2) is 31.8 Å². The Morgan fingerprint density at radius 2 is 1.02 bits per heavy atom. The summed E-state index contributed by atoms with van der Waals surface area (Å²) in [6.07, 6.45) is 25.6. The van der Waals surface area contributed by atoms with Gasteiger partial charge in [0.25, 0.3) is 0 Å². The first-order valence-corrected chi connectivity index (χ1v) is 18.3. The van der Waals surface area contributed by atoms with Crippen LogP contribution in [0.25, 0.3) is 11.1 Å². The number of carbonyl (C=O) groups is 2. The highest BCUT2D eigenvalue weighted by Crippen LogP contribution is 2.23. The Balaban J connectivity index is 1.37. The summed E-state index contributed by atoms with van der Waals surface area (Å²) in [6, 6.07) is 15.8.